The third-order valence-electron chi connectivity index (χ3n) is 5.68. The van der Waals surface area contributed by atoms with Crippen LogP contribution in [0.1, 0.15) is 48.0 Å². The average molecular weight is 349 g/mol. The molecule has 3 nitrogen and oxygen atoms in total. The number of methoxy groups -OCH3 is 1. The molecule has 0 bridgehead atoms. The zero-order valence-electron chi connectivity index (χ0n) is 15.6. The van der Waals surface area contributed by atoms with E-state index in [4.69, 9.17) is 20.8 Å². The molecule has 130 valence electrons. The molecular formula is C17H33ClO3Si. The maximum absolute atomic E-state index is 12.3. The van der Waals surface area contributed by atoms with Crippen LogP contribution >= 0.6 is 11.6 Å². The molecular weight excluding hydrogens is 316 g/mol. The minimum atomic E-state index is -1.87. The van der Waals surface area contributed by atoms with Gasteiger partial charge in [-0.15, -0.1) is 11.6 Å². The Morgan fingerprint density at radius 2 is 1.68 bits per heavy atom. The quantitative estimate of drug-likeness (QED) is 0.414. The second-order valence-electron chi connectivity index (χ2n) is 8.73. The van der Waals surface area contributed by atoms with Crippen molar-refractivity contribution in [2.75, 3.05) is 7.11 Å². The first kappa shape index (κ1) is 20.0. The Morgan fingerprint density at radius 1 is 1.18 bits per heavy atom. The highest BCUT2D eigenvalue weighted by atomic mass is 35.5. The second-order valence-corrected chi connectivity index (χ2v) is 14.5. The van der Waals surface area contributed by atoms with Gasteiger partial charge in [-0.1, -0.05) is 27.7 Å². The van der Waals surface area contributed by atoms with E-state index >= 15 is 0 Å². The van der Waals surface area contributed by atoms with Gasteiger partial charge in [0, 0.05) is 11.0 Å². The Hall–Kier alpha value is -0.0631. The lowest BCUT2D eigenvalue weighted by Crippen LogP contribution is -2.45. The molecule has 0 aliphatic heterocycles. The molecule has 0 radical (unpaired) electrons. The number of hydrogen-bond donors (Lipinski definition) is 0. The van der Waals surface area contributed by atoms with Crippen molar-refractivity contribution < 1.29 is 14.0 Å². The Morgan fingerprint density at radius 3 is 2.05 bits per heavy atom. The van der Waals surface area contributed by atoms with Crippen LogP contribution in [0.3, 0.4) is 0 Å². The largest absolute Gasteiger partial charge is 0.469 e. The molecule has 0 unspecified atom stereocenters. The molecule has 4 atom stereocenters. The maximum atomic E-state index is 12.3. The van der Waals surface area contributed by atoms with Gasteiger partial charge in [0.15, 0.2) is 8.32 Å². The van der Waals surface area contributed by atoms with Crippen molar-refractivity contribution in [2.45, 2.75) is 77.1 Å². The van der Waals surface area contributed by atoms with E-state index in [9.17, 15) is 4.79 Å². The van der Waals surface area contributed by atoms with Crippen LogP contribution in [-0.2, 0) is 14.0 Å². The van der Waals surface area contributed by atoms with Gasteiger partial charge in [0.2, 0.25) is 0 Å². The minimum Gasteiger partial charge on any atom is -0.469 e. The Bertz CT molecular complexity index is 409. The van der Waals surface area contributed by atoms with Crippen molar-refractivity contribution in [3.63, 3.8) is 0 Å². The molecule has 0 saturated heterocycles. The fraction of sp³-hybridized carbons (Fsp3) is 0.941. The summed E-state index contributed by atoms with van der Waals surface area (Å²) in [6.45, 7) is 17.3. The normalized spacial score (nSPS) is 30.5. The van der Waals surface area contributed by atoms with Crippen molar-refractivity contribution in [1.29, 1.82) is 0 Å². The van der Waals surface area contributed by atoms with Crippen molar-refractivity contribution in [3.05, 3.63) is 0 Å². The molecule has 0 aromatic rings. The molecule has 0 amide bonds. The van der Waals surface area contributed by atoms with Crippen molar-refractivity contribution in [1.82, 2.24) is 0 Å². The fourth-order valence-corrected chi connectivity index (χ4v) is 4.79. The Kier molecular flexibility index (Phi) is 5.85. The molecule has 1 rings (SSSR count). The van der Waals surface area contributed by atoms with Gasteiger partial charge in [0.25, 0.3) is 0 Å². The lowest BCUT2D eigenvalue weighted by atomic mass is 9.82. The van der Waals surface area contributed by atoms with Gasteiger partial charge < -0.3 is 9.16 Å². The molecule has 5 heteroatoms. The number of rotatable bonds is 4. The second kappa shape index (κ2) is 6.44. The van der Waals surface area contributed by atoms with Gasteiger partial charge in [0.1, 0.15) is 0 Å². The summed E-state index contributed by atoms with van der Waals surface area (Å²) in [7, 11) is -0.416. The number of carbonyl (C=O) groups excluding carboxylic acids is 1. The van der Waals surface area contributed by atoms with E-state index in [0.717, 1.165) is 6.42 Å². The van der Waals surface area contributed by atoms with Gasteiger partial charge in [-0.05, 0) is 50.2 Å². The zero-order valence-corrected chi connectivity index (χ0v) is 17.4. The molecule has 1 saturated carbocycles. The third-order valence-corrected chi connectivity index (χ3v) is 10.5. The average Bonchev–Trinajstić information content (AvgIpc) is 2.64. The number of ether oxygens (including phenoxy) is 1. The monoisotopic (exact) mass is 348 g/mol. The topological polar surface area (TPSA) is 35.5 Å². The predicted molar refractivity (Wildman–Crippen MR) is 94.8 cm³/mol. The standard InChI is InChI=1S/C17H33ClO3Si/c1-11-13(21-22(8,9)16(2,3)4)10-12(17(5,6)18)14(11)15(19)20-7/h11-14H,10H2,1-9H3/t11-,12+,13+,14+/m0/s1. The summed E-state index contributed by atoms with van der Waals surface area (Å²) >= 11 is 6.57. The number of carbonyl (C=O) groups is 1. The Labute approximate surface area is 142 Å². The highest BCUT2D eigenvalue weighted by Crippen LogP contribution is 2.49. The molecule has 1 fully saturated rings. The van der Waals surface area contributed by atoms with E-state index in [1.165, 1.54) is 7.11 Å². The van der Waals surface area contributed by atoms with Crippen LogP contribution in [0.5, 0.6) is 0 Å². The number of esters is 1. The molecule has 0 N–H and O–H groups in total. The summed E-state index contributed by atoms with van der Waals surface area (Å²) < 4.78 is 11.6. The SMILES string of the molecule is COC(=O)[C@@H]1[C@@H](C)[C@H](O[Si](C)(C)C(C)(C)C)C[C@H]1C(C)(C)Cl. The summed E-state index contributed by atoms with van der Waals surface area (Å²) in [5, 5.41) is 0.155. The van der Waals surface area contributed by atoms with Crippen molar-refractivity contribution >= 4 is 25.9 Å². The Balaban J connectivity index is 3.04. The summed E-state index contributed by atoms with van der Waals surface area (Å²) in [6.07, 6.45) is 0.900. The summed E-state index contributed by atoms with van der Waals surface area (Å²) in [4.78, 5) is 11.8. The summed E-state index contributed by atoms with van der Waals surface area (Å²) in [5.41, 5.74) is 0. The van der Waals surface area contributed by atoms with Gasteiger partial charge in [0.05, 0.1) is 13.0 Å². The molecule has 1 aliphatic carbocycles. The number of alkyl halides is 1. The summed E-state index contributed by atoms with van der Waals surface area (Å²) in [5.74, 6) is -0.143. The molecule has 0 heterocycles. The van der Waals surface area contributed by atoms with E-state index in [1.54, 1.807) is 0 Å². The highest BCUT2D eigenvalue weighted by Gasteiger charge is 2.53. The highest BCUT2D eigenvalue weighted by molar-refractivity contribution is 6.74. The minimum absolute atomic E-state index is 0.0754. The smallest absolute Gasteiger partial charge is 0.309 e. The maximum Gasteiger partial charge on any atom is 0.309 e. The molecule has 0 spiro atoms. The van der Waals surface area contributed by atoms with Crippen LogP contribution < -0.4 is 0 Å². The lowest BCUT2D eigenvalue weighted by Gasteiger charge is -2.39. The summed E-state index contributed by atoms with van der Waals surface area (Å²) in [6, 6.07) is 0. The lowest BCUT2D eigenvalue weighted by molar-refractivity contribution is -0.148. The van der Waals surface area contributed by atoms with E-state index in [-0.39, 0.29) is 34.9 Å². The first-order valence-corrected chi connectivity index (χ1v) is 11.5. The number of hydrogen-bond acceptors (Lipinski definition) is 3. The van der Waals surface area contributed by atoms with Gasteiger partial charge in [-0.25, -0.2) is 0 Å². The van der Waals surface area contributed by atoms with Gasteiger partial charge in [-0.2, -0.15) is 0 Å². The van der Waals surface area contributed by atoms with Crippen LogP contribution in [0.15, 0.2) is 0 Å². The van der Waals surface area contributed by atoms with Crippen molar-refractivity contribution in [2.24, 2.45) is 17.8 Å². The number of halogens is 1. The van der Waals surface area contributed by atoms with Gasteiger partial charge in [-0.3, -0.25) is 4.79 Å². The molecule has 0 aromatic carbocycles. The van der Waals surface area contributed by atoms with E-state index < -0.39 is 13.2 Å². The predicted octanol–water partition coefficient (Wildman–Crippen LogP) is 4.84. The van der Waals surface area contributed by atoms with E-state index in [2.05, 4.69) is 40.8 Å². The fourth-order valence-electron chi connectivity index (χ4n) is 3.14. The third kappa shape index (κ3) is 4.07. The molecule has 22 heavy (non-hydrogen) atoms. The molecule has 0 aromatic heterocycles. The molecule has 1 aliphatic rings. The zero-order chi connectivity index (χ0) is 17.5. The first-order chi connectivity index (χ1) is 9.72. The van der Waals surface area contributed by atoms with Crippen LogP contribution in [0.4, 0.5) is 0 Å². The van der Waals surface area contributed by atoms with Crippen LogP contribution in [0.25, 0.3) is 0 Å². The van der Waals surface area contributed by atoms with Crippen molar-refractivity contribution in [3.8, 4) is 0 Å². The van der Waals surface area contributed by atoms with Crippen LogP contribution in [0, 0.1) is 17.8 Å². The van der Waals surface area contributed by atoms with E-state index in [0.29, 0.717) is 0 Å². The van der Waals surface area contributed by atoms with Crippen LogP contribution in [0.2, 0.25) is 18.1 Å². The van der Waals surface area contributed by atoms with Crippen LogP contribution in [-0.4, -0.2) is 32.4 Å². The first-order valence-electron chi connectivity index (χ1n) is 8.17. The van der Waals surface area contributed by atoms with E-state index in [1.807, 2.05) is 13.8 Å². The van der Waals surface area contributed by atoms with Gasteiger partial charge >= 0.3 is 5.97 Å².